The molecule has 1 unspecified atom stereocenters. The van der Waals surface area contributed by atoms with Crippen molar-refractivity contribution in [3.63, 3.8) is 0 Å². The Morgan fingerprint density at radius 1 is 1.37 bits per heavy atom. The quantitative estimate of drug-likeness (QED) is 0.819. The van der Waals surface area contributed by atoms with Gasteiger partial charge >= 0.3 is 0 Å². The third kappa shape index (κ3) is 5.84. The highest BCUT2D eigenvalue weighted by atomic mass is 35.5. The van der Waals surface area contributed by atoms with Gasteiger partial charge in [-0.1, -0.05) is 38.4 Å². The van der Waals surface area contributed by atoms with Gasteiger partial charge in [0.25, 0.3) is 5.91 Å². The van der Waals surface area contributed by atoms with Crippen molar-refractivity contribution >= 4 is 29.1 Å². The minimum absolute atomic E-state index is 0.0649. The number of rotatable bonds is 4. The Kier molecular flexibility index (Phi) is 5.69. The molecular weight excluding hydrogens is 281 g/mol. The van der Waals surface area contributed by atoms with Gasteiger partial charge in [-0.25, -0.2) is 0 Å². The van der Waals surface area contributed by atoms with Crippen molar-refractivity contribution in [3.8, 4) is 0 Å². The van der Waals surface area contributed by atoms with Crippen LogP contribution in [0.2, 0.25) is 5.02 Å². The zero-order valence-electron chi connectivity index (χ0n) is 11.9. The maximum absolute atomic E-state index is 11.9. The Morgan fingerprint density at radius 2 is 2.00 bits per heavy atom. The molecule has 4 heteroatoms. The average Bonchev–Trinajstić information content (AvgIpc) is 2.27. The number of carbonyl (C=O) groups is 1. The molecule has 1 aromatic rings. The van der Waals surface area contributed by atoms with E-state index in [0.717, 1.165) is 12.0 Å². The maximum atomic E-state index is 11.9. The van der Waals surface area contributed by atoms with Crippen LogP contribution in [0.25, 0.3) is 0 Å². The molecule has 106 valence electrons. The zero-order valence-corrected chi connectivity index (χ0v) is 13.4. The van der Waals surface area contributed by atoms with Crippen LogP contribution in [0.4, 0.5) is 0 Å². The van der Waals surface area contributed by atoms with E-state index in [4.69, 9.17) is 23.2 Å². The number of amides is 1. The lowest BCUT2D eigenvalue weighted by atomic mass is 9.90. The van der Waals surface area contributed by atoms with Gasteiger partial charge in [0.15, 0.2) is 0 Å². The van der Waals surface area contributed by atoms with Gasteiger partial charge in [0.1, 0.15) is 0 Å². The SMILES string of the molecule is Cc1ccc(C(=O)NCC(Cl)CC(C)(C)C)cc1Cl. The van der Waals surface area contributed by atoms with Crippen molar-refractivity contribution in [2.24, 2.45) is 5.41 Å². The summed E-state index contributed by atoms with van der Waals surface area (Å²) in [7, 11) is 0. The first-order valence-electron chi connectivity index (χ1n) is 6.37. The molecule has 1 aromatic carbocycles. The van der Waals surface area contributed by atoms with E-state index in [1.165, 1.54) is 0 Å². The van der Waals surface area contributed by atoms with Crippen molar-refractivity contribution in [3.05, 3.63) is 34.3 Å². The Bertz CT molecular complexity index is 452. The van der Waals surface area contributed by atoms with Crippen LogP contribution < -0.4 is 5.32 Å². The van der Waals surface area contributed by atoms with E-state index >= 15 is 0 Å². The van der Waals surface area contributed by atoms with Crippen LogP contribution in [-0.2, 0) is 0 Å². The molecule has 0 aliphatic rings. The fourth-order valence-electron chi connectivity index (χ4n) is 1.78. The molecule has 0 bridgehead atoms. The molecule has 0 radical (unpaired) electrons. The van der Waals surface area contributed by atoms with Crippen LogP contribution in [0.5, 0.6) is 0 Å². The molecular formula is C15H21Cl2NO. The molecule has 0 fully saturated rings. The van der Waals surface area contributed by atoms with Crippen LogP contribution in [0.15, 0.2) is 18.2 Å². The Morgan fingerprint density at radius 3 is 2.53 bits per heavy atom. The zero-order chi connectivity index (χ0) is 14.6. The second-order valence-corrected chi connectivity index (χ2v) is 7.06. The lowest BCUT2D eigenvalue weighted by molar-refractivity contribution is 0.0952. The van der Waals surface area contributed by atoms with Crippen molar-refractivity contribution in [1.82, 2.24) is 5.32 Å². The first-order chi connectivity index (χ1) is 8.69. The van der Waals surface area contributed by atoms with E-state index in [2.05, 4.69) is 26.1 Å². The van der Waals surface area contributed by atoms with Gasteiger partial charge in [-0.3, -0.25) is 4.79 Å². The number of aryl methyl sites for hydroxylation is 1. The van der Waals surface area contributed by atoms with E-state index in [-0.39, 0.29) is 16.7 Å². The van der Waals surface area contributed by atoms with Crippen LogP contribution in [-0.4, -0.2) is 17.8 Å². The van der Waals surface area contributed by atoms with Crippen molar-refractivity contribution in [2.75, 3.05) is 6.54 Å². The number of benzene rings is 1. The third-order valence-electron chi connectivity index (χ3n) is 2.75. The summed E-state index contributed by atoms with van der Waals surface area (Å²) in [5.41, 5.74) is 1.68. The van der Waals surface area contributed by atoms with Crippen molar-refractivity contribution in [2.45, 2.75) is 39.5 Å². The van der Waals surface area contributed by atoms with Gasteiger partial charge in [-0.15, -0.1) is 11.6 Å². The molecule has 0 spiro atoms. The second kappa shape index (κ2) is 6.62. The molecule has 0 aromatic heterocycles. The third-order valence-corrected chi connectivity index (χ3v) is 3.47. The van der Waals surface area contributed by atoms with Gasteiger partial charge in [0.05, 0.1) is 5.38 Å². The number of carbonyl (C=O) groups excluding carboxylic acids is 1. The molecule has 2 nitrogen and oxygen atoms in total. The minimum Gasteiger partial charge on any atom is -0.351 e. The standard InChI is InChI=1S/C15H21Cl2NO/c1-10-5-6-11(7-13(10)17)14(19)18-9-12(16)8-15(2,3)4/h5-7,12H,8-9H2,1-4H3,(H,18,19). The van der Waals surface area contributed by atoms with Crippen LogP contribution in [0.3, 0.4) is 0 Å². The van der Waals surface area contributed by atoms with Crippen molar-refractivity contribution < 1.29 is 4.79 Å². The Hall–Kier alpha value is -0.730. The largest absolute Gasteiger partial charge is 0.351 e. The summed E-state index contributed by atoms with van der Waals surface area (Å²) < 4.78 is 0. The molecule has 0 saturated carbocycles. The van der Waals surface area contributed by atoms with Gasteiger partial charge in [-0.2, -0.15) is 0 Å². The molecule has 0 aliphatic carbocycles. The van der Waals surface area contributed by atoms with E-state index in [0.29, 0.717) is 17.1 Å². The average molecular weight is 302 g/mol. The van der Waals surface area contributed by atoms with E-state index in [9.17, 15) is 4.79 Å². The maximum Gasteiger partial charge on any atom is 0.251 e. The summed E-state index contributed by atoms with van der Waals surface area (Å²) >= 11 is 12.2. The number of alkyl halides is 1. The van der Waals surface area contributed by atoms with Gasteiger partial charge < -0.3 is 5.32 Å². The Balaban J connectivity index is 2.53. The monoisotopic (exact) mass is 301 g/mol. The smallest absolute Gasteiger partial charge is 0.251 e. The predicted molar refractivity (Wildman–Crippen MR) is 82.2 cm³/mol. The number of hydrogen-bond acceptors (Lipinski definition) is 1. The molecule has 0 saturated heterocycles. The highest BCUT2D eigenvalue weighted by Crippen LogP contribution is 2.23. The van der Waals surface area contributed by atoms with E-state index in [1.807, 2.05) is 13.0 Å². The molecule has 0 heterocycles. The fourth-order valence-corrected chi connectivity index (χ4v) is 2.50. The fraction of sp³-hybridized carbons (Fsp3) is 0.533. The summed E-state index contributed by atoms with van der Waals surface area (Å²) in [5, 5.41) is 3.38. The molecule has 1 atom stereocenters. The number of halogens is 2. The van der Waals surface area contributed by atoms with E-state index in [1.54, 1.807) is 12.1 Å². The topological polar surface area (TPSA) is 29.1 Å². The van der Waals surface area contributed by atoms with Gasteiger partial charge in [0.2, 0.25) is 0 Å². The number of nitrogens with one attached hydrogen (secondary N) is 1. The lowest BCUT2D eigenvalue weighted by Gasteiger charge is -2.22. The molecule has 19 heavy (non-hydrogen) atoms. The second-order valence-electron chi connectivity index (χ2n) is 6.04. The van der Waals surface area contributed by atoms with Gasteiger partial charge in [-0.05, 0) is 36.5 Å². The van der Waals surface area contributed by atoms with Crippen LogP contribution in [0, 0.1) is 12.3 Å². The van der Waals surface area contributed by atoms with Crippen LogP contribution in [0.1, 0.15) is 43.1 Å². The molecule has 0 aliphatic heterocycles. The summed E-state index contributed by atoms with van der Waals surface area (Å²) in [5.74, 6) is -0.138. The highest BCUT2D eigenvalue weighted by molar-refractivity contribution is 6.31. The lowest BCUT2D eigenvalue weighted by Crippen LogP contribution is -2.31. The minimum atomic E-state index is -0.138. The summed E-state index contributed by atoms with van der Waals surface area (Å²) in [6.45, 7) is 8.75. The number of hydrogen-bond donors (Lipinski definition) is 1. The Labute approximate surface area is 125 Å². The normalized spacial score (nSPS) is 13.2. The van der Waals surface area contributed by atoms with Crippen molar-refractivity contribution in [1.29, 1.82) is 0 Å². The summed E-state index contributed by atoms with van der Waals surface area (Å²) in [4.78, 5) is 11.9. The van der Waals surface area contributed by atoms with Gasteiger partial charge in [0, 0.05) is 17.1 Å². The molecule has 1 rings (SSSR count). The highest BCUT2D eigenvalue weighted by Gasteiger charge is 2.17. The molecule has 1 N–H and O–H groups in total. The first-order valence-corrected chi connectivity index (χ1v) is 7.19. The summed E-state index contributed by atoms with van der Waals surface area (Å²) in [6.07, 6.45) is 0.851. The first kappa shape index (κ1) is 16.3. The van der Waals surface area contributed by atoms with E-state index < -0.39 is 0 Å². The van der Waals surface area contributed by atoms with Crippen LogP contribution >= 0.6 is 23.2 Å². The predicted octanol–water partition coefficient (Wildman–Crippen LogP) is 4.42. The summed E-state index contributed by atoms with van der Waals surface area (Å²) in [6, 6.07) is 5.29. The molecule has 1 amide bonds.